The molecule has 3 aromatic rings. The predicted octanol–water partition coefficient (Wildman–Crippen LogP) is 2.89. The zero-order valence-electron chi connectivity index (χ0n) is 14.1. The number of para-hydroxylation sites is 1. The number of aromatic nitrogens is 1. The topological polar surface area (TPSA) is 68.3 Å². The van der Waals surface area contributed by atoms with E-state index in [0.717, 1.165) is 5.39 Å². The van der Waals surface area contributed by atoms with Gasteiger partial charge in [0.2, 0.25) is 0 Å². The molecule has 0 aliphatic carbocycles. The second kappa shape index (κ2) is 7.74. The van der Waals surface area contributed by atoms with Crippen LogP contribution in [0, 0.1) is 5.82 Å². The van der Waals surface area contributed by atoms with Gasteiger partial charge in [0.15, 0.2) is 0 Å². The van der Waals surface area contributed by atoms with Crippen molar-refractivity contribution in [3.05, 3.63) is 77.7 Å². The molecular weight excluding hydrogens is 335 g/mol. The van der Waals surface area contributed by atoms with E-state index in [1.165, 1.54) is 13.2 Å². The first-order chi connectivity index (χ1) is 12.6. The number of esters is 1. The minimum Gasteiger partial charge on any atom is -0.467 e. The van der Waals surface area contributed by atoms with Gasteiger partial charge in [-0.15, -0.1) is 0 Å². The minimum atomic E-state index is -1.01. The summed E-state index contributed by atoms with van der Waals surface area (Å²) in [5.41, 5.74) is 1.19. The number of fused-ring (bicyclic) bond motifs is 1. The number of methoxy groups -OCH3 is 1. The predicted molar refractivity (Wildman–Crippen MR) is 95.1 cm³/mol. The van der Waals surface area contributed by atoms with Crippen molar-refractivity contribution in [1.29, 1.82) is 0 Å². The lowest BCUT2D eigenvalue weighted by molar-refractivity contribution is -0.142. The number of carbonyl (C=O) groups is 2. The van der Waals surface area contributed by atoms with Crippen LogP contribution in [0.3, 0.4) is 0 Å². The maximum absolute atomic E-state index is 13.9. The summed E-state index contributed by atoms with van der Waals surface area (Å²) in [6.45, 7) is 0. The van der Waals surface area contributed by atoms with E-state index in [2.05, 4.69) is 10.3 Å². The molecule has 1 aromatic heterocycles. The van der Waals surface area contributed by atoms with Crippen LogP contribution in [0.5, 0.6) is 0 Å². The molecule has 0 aliphatic rings. The van der Waals surface area contributed by atoms with Crippen molar-refractivity contribution < 1.29 is 18.7 Å². The molecule has 0 spiro atoms. The van der Waals surface area contributed by atoms with Gasteiger partial charge in [0.1, 0.15) is 11.9 Å². The van der Waals surface area contributed by atoms with E-state index >= 15 is 0 Å². The number of amides is 1. The lowest BCUT2D eigenvalue weighted by Gasteiger charge is -2.17. The fourth-order valence-corrected chi connectivity index (χ4v) is 2.74. The van der Waals surface area contributed by atoms with Gasteiger partial charge in [-0.1, -0.05) is 36.4 Å². The minimum absolute atomic E-state index is 0.0106. The summed E-state index contributed by atoms with van der Waals surface area (Å²) >= 11 is 0. The maximum atomic E-state index is 13.9. The van der Waals surface area contributed by atoms with E-state index in [-0.39, 0.29) is 6.42 Å². The Morgan fingerprint density at radius 1 is 1.12 bits per heavy atom. The summed E-state index contributed by atoms with van der Waals surface area (Å²) < 4.78 is 18.7. The summed E-state index contributed by atoms with van der Waals surface area (Å²) in [4.78, 5) is 29.0. The molecule has 1 heterocycles. The first kappa shape index (κ1) is 17.5. The third kappa shape index (κ3) is 3.69. The van der Waals surface area contributed by atoms with Crippen molar-refractivity contribution in [2.24, 2.45) is 0 Å². The van der Waals surface area contributed by atoms with Crippen molar-refractivity contribution in [2.75, 3.05) is 7.11 Å². The number of hydrogen-bond donors (Lipinski definition) is 1. The van der Waals surface area contributed by atoms with E-state index in [0.29, 0.717) is 16.6 Å². The Labute approximate surface area is 149 Å². The van der Waals surface area contributed by atoms with Crippen LogP contribution in [0.4, 0.5) is 4.39 Å². The molecule has 1 N–H and O–H groups in total. The van der Waals surface area contributed by atoms with Crippen LogP contribution in [-0.4, -0.2) is 30.0 Å². The van der Waals surface area contributed by atoms with Crippen LogP contribution in [0.2, 0.25) is 0 Å². The highest BCUT2D eigenvalue weighted by atomic mass is 19.1. The van der Waals surface area contributed by atoms with Gasteiger partial charge >= 0.3 is 5.97 Å². The third-order valence-electron chi connectivity index (χ3n) is 4.05. The molecule has 1 amide bonds. The quantitative estimate of drug-likeness (QED) is 0.717. The van der Waals surface area contributed by atoms with E-state index in [4.69, 9.17) is 4.74 Å². The molecule has 0 fully saturated rings. The Balaban J connectivity index is 1.88. The maximum Gasteiger partial charge on any atom is 0.328 e. The highest BCUT2D eigenvalue weighted by molar-refractivity contribution is 6.06. The number of ether oxygens (including phenoxy) is 1. The first-order valence-corrected chi connectivity index (χ1v) is 8.06. The van der Waals surface area contributed by atoms with E-state index in [1.54, 1.807) is 42.6 Å². The van der Waals surface area contributed by atoms with Gasteiger partial charge in [0.05, 0.1) is 18.2 Å². The van der Waals surface area contributed by atoms with Gasteiger partial charge in [0, 0.05) is 18.0 Å². The molecule has 0 aliphatic heterocycles. The Bertz CT molecular complexity index is 953. The van der Waals surface area contributed by atoms with Crippen LogP contribution < -0.4 is 5.32 Å². The Hall–Kier alpha value is -3.28. The average Bonchev–Trinajstić information content (AvgIpc) is 2.67. The molecule has 0 saturated carbocycles. The summed E-state index contributed by atoms with van der Waals surface area (Å²) in [5.74, 6) is -1.56. The fraction of sp³-hybridized carbons (Fsp3) is 0.150. The standard InChI is InChI=1S/C20H17FN2O3/c1-26-20(25)17(12-14-6-2-3-10-16(14)21)23-19(24)15-9-4-7-13-8-5-11-22-18(13)15/h2-11,17H,12H2,1H3,(H,23,24)/t17-/m1/s1. The molecule has 5 nitrogen and oxygen atoms in total. The molecule has 3 rings (SSSR count). The fourth-order valence-electron chi connectivity index (χ4n) is 2.74. The van der Waals surface area contributed by atoms with E-state index < -0.39 is 23.7 Å². The lowest BCUT2D eigenvalue weighted by Crippen LogP contribution is -2.43. The highest BCUT2D eigenvalue weighted by Gasteiger charge is 2.24. The first-order valence-electron chi connectivity index (χ1n) is 8.06. The number of carbonyl (C=O) groups excluding carboxylic acids is 2. The van der Waals surface area contributed by atoms with Crippen molar-refractivity contribution >= 4 is 22.8 Å². The van der Waals surface area contributed by atoms with Gasteiger partial charge in [-0.25, -0.2) is 9.18 Å². The smallest absolute Gasteiger partial charge is 0.328 e. The molecular formula is C20H17FN2O3. The van der Waals surface area contributed by atoms with Crippen molar-refractivity contribution in [1.82, 2.24) is 10.3 Å². The molecule has 26 heavy (non-hydrogen) atoms. The van der Waals surface area contributed by atoms with Gasteiger partial charge in [-0.3, -0.25) is 9.78 Å². The normalized spacial score (nSPS) is 11.8. The summed E-state index contributed by atoms with van der Waals surface area (Å²) in [7, 11) is 1.22. The summed E-state index contributed by atoms with van der Waals surface area (Å²) in [6, 6.07) is 13.9. The molecule has 1 atom stereocenters. The van der Waals surface area contributed by atoms with Crippen LogP contribution in [-0.2, 0) is 16.0 Å². The van der Waals surface area contributed by atoms with Crippen molar-refractivity contribution in [3.63, 3.8) is 0 Å². The second-order valence-corrected chi connectivity index (χ2v) is 5.73. The molecule has 6 heteroatoms. The lowest BCUT2D eigenvalue weighted by atomic mass is 10.0. The number of hydrogen-bond acceptors (Lipinski definition) is 4. The number of rotatable bonds is 5. The van der Waals surface area contributed by atoms with Gasteiger partial charge < -0.3 is 10.1 Å². The van der Waals surface area contributed by atoms with Crippen LogP contribution >= 0.6 is 0 Å². The van der Waals surface area contributed by atoms with Crippen LogP contribution in [0.25, 0.3) is 10.9 Å². The van der Waals surface area contributed by atoms with Gasteiger partial charge in [-0.2, -0.15) is 0 Å². The third-order valence-corrected chi connectivity index (χ3v) is 4.05. The number of pyridine rings is 1. The number of nitrogens with zero attached hydrogens (tertiary/aromatic N) is 1. The molecule has 0 unspecified atom stereocenters. The highest BCUT2D eigenvalue weighted by Crippen LogP contribution is 2.17. The number of halogens is 1. The zero-order valence-corrected chi connectivity index (χ0v) is 14.1. The zero-order chi connectivity index (χ0) is 18.5. The van der Waals surface area contributed by atoms with Crippen molar-refractivity contribution in [3.8, 4) is 0 Å². The van der Waals surface area contributed by atoms with E-state index in [1.807, 2.05) is 12.1 Å². The SMILES string of the molecule is COC(=O)[C@@H](Cc1ccccc1F)NC(=O)c1cccc2cccnc12. The Kier molecular flexibility index (Phi) is 5.22. The molecule has 132 valence electrons. The molecule has 2 aromatic carbocycles. The second-order valence-electron chi connectivity index (χ2n) is 5.73. The molecule has 0 radical (unpaired) electrons. The summed E-state index contributed by atoms with van der Waals surface area (Å²) in [5, 5.41) is 3.44. The van der Waals surface area contributed by atoms with E-state index in [9.17, 15) is 14.0 Å². The van der Waals surface area contributed by atoms with Gasteiger partial charge in [-0.05, 0) is 23.8 Å². The Morgan fingerprint density at radius 3 is 2.65 bits per heavy atom. The molecule has 0 bridgehead atoms. The van der Waals surface area contributed by atoms with Crippen LogP contribution in [0.1, 0.15) is 15.9 Å². The Morgan fingerprint density at radius 2 is 1.88 bits per heavy atom. The average molecular weight is 352 g/mol. The summed E-state index contributed by atoms with van der Waals surface area (Å²) in [6.07, 6.45) is 1.58. The monoisotopic (exact) mass is 352 g/mol. The largest absolute Gasteiger partial charge is 0.467 e. The van der Waals surface area contributed by atoms with Crippen LogP contribution in [0.15, 0.2) is 60.8 Å². The molecule has 0 saturated heterocycles. The number of benzene rings is 2. The number of nitrogens with one attached hydrogen (secondary N) is 1. The van der Waals surface area contributed by atoms with Gasteiger partial charge in [0.25, 0.3) is 5.91 Å². The van der Waals surface area contributed by atoms with Crippen molar-refractivity contribution in [2.45, 2.75) is 12.5 Å².